The molecule has 7 heteroatoms. The maximum absolute atomic E-state index is 14.2. The first-order valence-corrected chi connectivity index (χ1v) is 13.3. The second kappa shape index (κ2) is 10.8. The number of hydrogen-bond acceptors (Lipinski definition) is 4. The second-order valence-electron chi connectivity index (χ2n) is 9.63. The standard InChI is InChI=1S/C30H29FN2O3S/c1-19(24-11-5-7-20-6-2-3-10-25(20)24)32-17-22-14-15-33(18-26(22)21-8-4-9-23(31)16-21)29(34)27-12-13-28(37-27)30(35)36/h2-13,16,19,22,26,32H,14-15,17-18H2,1H3,(H,35,36)/t19-,22?,26?/m1/s1. The molecule has 1 amide bonds. The van der Waals surface area contributed by atoms with Crippen molar-refractivity contribution in [1.29, 1.82) is 0 Å². The summed E-state index contributed by atoms with van der Waals surface area (Å²) in [5.74, 6) is -1.33. The van der Waals surface area contributed by atoms with Crippen molar-refractivity contribution in [2.45, 2.75) is 25.3 Å². The van der Waals surface area contributed by atoms with E-state index >= 15 is 0 Å². The predicted molar refractivity (Wildman–Crippen MR) is 145 cm³/mol. The lowest BCUT2D eigenvalue weighted by Gasteiger charge is -2.39. The highest BCUT2D eigenvalue weighted by Gasteiger charge is 2.34. The van der Waals surface area contributed by atoms with Crippen LogP contribution in [0, 0.1) is 11.7 Å². The van der Waals surface area contributed by atoms with Crippen LogP contribution in [0.4, 0.5) is 4.39 Å². The van der Waals surface area contributed by atoms with E-state index in [0.29, 0.717) is 18.0 Å². The highest BCUT2D eigenvalue weighted by atomic mass is 32.1. The van der Waals surface area contributed by atoms with Crippen LogP contribution < -0.4 is 5.32 Å². The van der Waals surface area contributed by atoms with Gasteiger partial charge in [0.25, 0.3) is 5.91 Å². The summed E-state index contributed by atoms with van der Waals surface area (Å²) in [5.41, 5.74) is 2.11. The summed E-state index contributed by atoms with van der Waals surface area (Å²) in [6.07, 6.45) is 0.763. The van der Waals surface area contributed by atoms with Gasteiger partial charge in [0.2, 0.25) is 0 Å². The molecule has 3 atom stereocenters. The monoisotopic (exact) mass is 516 g/mol. The summed E-state index contributed by atoms with van der Waals surface area (Å²) in [6.45, 7) is 3.92. The number of carbonyl (C=O) groups excluding carboxylic acids is 1. The molecule has 1 aliphatic rings. The highest BCUT2D eigenvalue weighted by molar-refractivity contribution is 7.15. The number of halogens is 1. The number of nitrogens with one attached hydrogen (secondary N) is 1. The van der Waals surface area contributed by atoms with E-state index in [-0.39, 0.29) is 34.5 Å². The molecule has 2 N–H and O–H groups in total. The number of benzene rings is 3. The van der Waals surface area contributed by atoms with Crippen molar-refractivity contribution < 1.29 is 19.1 Å². The fourth-order valence-corrected chi connectivity index (χ4v) is 6.15. The molecule has 0 spiro atoms. The number of thiophene rings is 1. The van der Waals surface area contributed by atoms with Crippen molar-refractivity contribution in [2.75, 3.05) is 19.6 Å². The molecule has 0 radical (unpaired) electrons. The Balaban J connectivity index is 1.34. The van der Waals surface area contributed by atoms with E-state index in [1.54, 1.807) is 23.1 Å². The van der Waals surface area contributed by atoms with E-state index in [4.69, 9.17) is 0 Å². The number of nitrogens with zero attached hydrogens (tertiary/aromatic N) is 1. The van der Waals surface area contributed by atoms with Crippen LogP contribution in [0.2, 0.25) is 0 Å². The van der Waals surface area contributed by atoms with Gasteiger partial charge < -0.3 is 15.3 Å². The van der Waals surface area contributed by atoms with Crippen LogP contribution in [0.1, 0.15) is 55.8 Å². The fraction of sp³-hybridized carbons (Fsp3) is 0.267. The summed E-state index contributed by atoms with van der Waals surface area (Å²) in [7, 11) is 0. The minimum atomic E-state index is -1.04. The number of piperidine rings is 1. The lowest BCUT2D eigenvalue weighted by molar-refractivity contribution is 0.0661. The number of carboxylic acids is 1. The number of aromatic carboxylic acids is 1. The maximum Gasteiger partial charge on any atom is 0.345 e. The second-order valence-corrected chi connectivity index (χ2v) is 10.7. The predicted octanol–water partition coefficient (Wildman–Crippen LogP) is 6.34. The van der Waals surface area contributed by atoms with Crippen LogP contribution in [0.3, 0.4) is 0 Å². The summed E-state index contributed by atoms with van der Waals surface area (Å²) in [5, 5.41) is 15.4. The van der Waals surface area contributed by atoms with Crippen LogP contribution in [0.15, 0.2) is 78.9 Å². The van der Waals surface area contributed by atoms with Crippen LogP contribution in [0.25, 0.3) is 10.8 Å². The average Bonchev–Trinajstić information content (AvgIpc) is 3.42. The molecule has 0 saturated carbocycles. The third kappa shape index (κ3) is 5.43. The van der Waals surface area contributed by atoms with E-state index in [9.17, 15) is 19.1 Å². The highest BCUT2D eigenvalue weighted by Crippen LogP contribution is 2.34. The topological polar surface area (TPSA) is 69.6 Å². The molecule has 0 aliphatic carbocycles. The lowest BCUT2D eigenvalue weighted by atomic mass is 9.80. The Bertz CT molecular complexity index is 1430. The van der Waals surface area contributed by atoms with Gasteiger partial charge in [0.15, 0.2) is 0 Å². The third-order valence-electron chi connectivity index (χ3n) is 7.32. The fourth-order valence-electron chi connectivity index (χ4n) is 5.33. The molecule has 1 aromatic heterocycles. The van der Waals surface area contributed by atoms with Crippen LogP contribution in [-0.4, -0.2) is 41.5 Å². The van der Waals surface area contributed by atoms with Crippen molar-refractivity contribution in [3.63, 3.8) is 0 Å². The number of carboxylic acid groups (broad SMARTS) is 1. The first-order valence-electron chi connectivity index (χ1n) is 12.5. The van der Waals surface area contributed by atoms with Gasteiger partial charge in [-0.1, -0.05) is 54.6 Å². The Labute approximate surface area is 219 Å². The van der Waals surface area contributed by atoms with Crippen molar-refractivity contribution >= 4 is 34.0 Å². The number of hydrogen-bond donors (Lipinski definition) is 2. The maximum atomic E-state index is 14.2. The Kier molecular flexibility index (Phi) is 7.35. The SMILES string of the molecule is C[C@@H](NCC1CCN(C(=O)c2ccc(C(=O)O)s2)CC1c1cccc(F)c1)c1cccc2ccccc12. The van der Waals surface area contributed by atoms with E-state index < -0.39 is 5.97 Å². The number of carbonyl (C=O) groups is 2. The van der Waals surface area contributed by atoms with Gasteiger partial charge in [0.1, 0.15) is 10.7 Å². The van der Waals surface area contributed by atoms with Gasteiger partial charge in [-0.05, 0) is 72.0 Å². The molecular formula is C30H29FN2O3S. The normalized spacial score (nSPS) is 18.6. The lowest BCUT2D eigenvalue weighted by Crippen LogP contribution is -2.45. The molecule has 5 nitrogen and oxygen atoms in total. The van der Waals surface area contributed by atoms with E-state index in [1.165, 1.54) is 28.5 Å². The van der Waals surface area contributed by atoms with Crippen molar-refractivity contribution in [3.05, 3.63) is 106 Å². The zero-order chi connectivity index (χ0) is 25.9. The van der Waals surface area contributed by atoms with E-state index in [2.05, 4.69) is 48.6 Å². The van der Waals surface area contributed by atoms with Gasteiger partial charge in [0, 0.05) is 25.0 Å². The number of fused-ring (bicyclic) bond motifs is 1. The zero-order valence-corrected chi connectivity index (χ0v) is 21.4. The molecule has 3 aromatic carbocycles. The van der Waals surface area contributed by atoms with Crippen LogP contribution in [0.5, 0.6) is 0 Å². The summed E-state index contributed by atoms with van der Waals surface area (Å²) in [4.78, 5) is 26.8. The minimum Gasteiger partial charge on any atom is -0.477 e. The summed E-state index contributed by atoms with van der Waals surface area (Å²) < 4.78 is 14.2. The summed E-state index contributed by atoms with van der Waals surface area (Å²) >= 11 is 0.993. The molecule has 4 aromatic rings. The minimum absolute atomic E-state index is 0.0421. The largest absolute Gasteiger partial charge is 0.477 e. The first kappa shape index (κ1) is 25.1. The Morgan fingerprint density at radius 3 is 2.59 bits per heavy atom. The third-order valence-corrected chi connectivity index (χ3v) is 8.38. The molecule has 2 unspecified atom stereocenters. The molecule has 0 bridgehead atoms. The molecule has 1 fully saturated rings. The molecule has 5 rings (SSSR count). The van der Waals surface area contributed by atoms with Crippen LogP contribution in [-0.2, 0) is 0 Å². The first-order chi connectivity index (χ1) is 17.9. The Hall–Kier alpha value is -3.55. The average molecular weight is 517 g/mol. The molecule has 1 aliphatic heterocycles. The molecular weight excluding hydrogens is 487 g/mol. The number of rotatable bonds is 7. The van der Waals surface area contributed by atoms with Crippen molar-refractivity contribution in [3.8, 4) is 0 Å². The van der Waals surface area contributed by atoms with Gasteiger partial charge in [-0.15, -0.1) is 11.3 Å². The van der Waals surface area contributed by atoms with Gasteiger partial charge in [0.05, 0.1) is 4.88 Å². The zero-order valence-electron chi connectivity index (χ0n) is 20.6. The Morgan fingerprint density at radius 1 is 1.05 bits per heavy atom. The molecule has 190 valence electrons. The van der Waals surface area contributed by atoms with Gasteiger partial charge in [-0.3, -0.25) is 4.79 Å². The quantitative estimate of drug-likeness (QED) is 0.301. The van der Waals surface area contributed by atoms with Gasteiger partial charge in [-0.2, -0.15) is 0 Å². The van der Waals surface area contributed by atoms with Crippen molar-refractivity contribution in [1.82, 2.24) is 10.2 Å². The number of amides is 1. The molecule has 2 heterocycles. The smallest absolute Gasteiger partial charge is 0.345 e. The van der Waals surface area contributed by atoms with Gasteiger partial charge in [-0.25, -0.2) is 9.18 Å². The molecule has 1 saturated heterocycles. The van der Waals surface area contributed by atoms with E-state index in [0.717, 1.165) is 29.9 Å². The Morgan fingerprint density at radius 2 is 1.81 bits per heavy atom. The molecule has 37 heavy (non-hydrogen) atoms. The summed E-state index contributed by atoms with van der Waals surface area (Å²) in [6, 6.07) is 24.5. The van der Waals surface area contributed by atoms with E-state index in [1.807, 2.05) is 12.1 Å². The number of likely N-dealkylation sites (tertiary alicyclic amines) is 1. The van der Waals surface area contributed by atoms with Gasteiger partial charge >= 0.3 is 5.97 Å². The van der Waals surface area contributed by atoms with Crippen molar-refractivity contribution in [2.24, 2.45) is 5.92 Å². The van der Waals surface area contributed by atoms with Crippen LogP contribution >= 0.6 is 11.3 Å².